The minimum atomic E-state index is -0.118. The molecule has 2 aliphatic heterocycles. The summed E-state index contributed by atoms with van der Waals surface area (Å²) in [4.78, 5) is 15.7. The van der Waals surface area contributed by atoms with E-state index in [2.05, 4.69) is 18.7 Å². The molecule has 0 bridgehead atoms. The Kier molecular flexibility index (Phi) is 3.19. The lowest BCUT2D eigenvalue weighted by atomic mass is 9.90. The maximum absolute atomic E-state index is 11.5. The van der Waals surface area contributed by atoms with Crippen molar-refractivity contribution in [1.82, 2.24) is 9.80 Å². The van der Waals surface area contributed by atoms with E-state index in [1.807, 2.05) is 4.90 Å². The predicted octanol–water partition coefficient (Wildman–Crippen LogP) is -0.733. The quantitative estimate of drug-likeness (QED) is 0.675. The van der Waals surface area contributed by atoms with Crippen LogP contribution < -0.4 is 5.73 Å². The molecular weight excluding hydrogens is 206 g/mol. The van der Waals surface area contributed by atoms with Gasteiger partial charge in [-0.1, -0.05) is 0 Å². The highest BCUT2D eigenvalue weighted by Gasteiger charge is 2.48. The molecule has 2 saturated heterocycles. The van der Waals surface area contributed by atoms with E-state index >= 15 is 0 Å². The zero-order valence-corrected chi connectivity index (χ0v) is 10.1. The molecule has 2 N–H and O–H groups in total. The van der Waals surface area contributed by atoms with Crippen molar-refractivity contribution in [1.29, 1.82) is 0 Å². The van der Waals surface area contributed by atoms with Crippen LogP contribution in [0.2, 0.25) is 0 Å². The third kappa shape index (κ3) is 2.07. The SMILES string of the molecule is CC(C)N1CC2(CN(C(=O)CN)CCO2)C1. The lowest BCUT2D eigenvalue weighted by Crippen LogP contribution is -2.71. The molecular formula is C11H21N3O2. The van der Waals surface area contributed by atoms with Gasteiger partial charge in [0.25, 0.3) is 0 Å². The van der Waals surface area contributed by atoms with Gasteiger partial charge >= 0.3 is 0 Å². The van der Waals surface area contributed by atoms with Crippen molar-refractivity contribution in [3.63, 3.8) is 0 Å². The molecule has 0 saturated carbocycles. The van der Waals surface area contributed by atoms with Gasteiger partial charge in [-0.25, -0.2) is 0 Å². The Bertz CT molecular complexity index is 274. The van der Waals surface area contributed by atoms with Crippen molar-refractivity contribution < 1.29 is 9.53 Å². The first-order valence-electron chi connectivity index (χ1n) is 5.92. The number of rotatable bonds is 2. The van der Waals surface area contributed by atoms with E-state index < -0.39 is 0 Å². The summed E-state index contributed by atoms with van der Waals surface area (Å²) in [5, 5.41) is 0. The molecule has 5 heteroatoms. The molecule has 2 heterocycles. The number of likely N-dealkylation sites (tertiary alicyclic amines) is 1. The van der Waals surface area contributed by atoms with Crippen molar-refractivity contribution >= 4 is 5.91 Å². The molecule has 5 nitrogen and oxygen atoms in total. The van der Waals surface area contributed by atoms with Crippen LogP contribution in [-0.2, 0) is 9.53 Å². The summed E-state index contributed by atoms with van der Waals surface area (Å²) in [7, 11) is 0. The highest BCUT2D eigenvalue weighted by Crippen LogP contribution is 2.30. The second-order valence-electron chi connectivity index (χ2n) is 5.05. The summed E-state index contributed by atoms with van der Waals surface area (Å²) in [6.07, 6.45) is 0. The van der Waals surface area contributed by atoms with Gasteiger partial charge in [-0.15, -0.1) is 0 Å². The van der Waals surface area contributed by atoms with E-state index in [1.54, 1.807) is 0 Å². The molecule has 0 aromatic rings. The maximum Gasteiger partial charge on any atom is 0.236 e. The van der Waals surface area contributed by atoms with Gasteiger partial charge in [0.2, 0.25) is 5.91 Å². The summed E-state index contributed by atoms with van der Waals surface area (Å²) in [5.41, 5.74) is 5.27. The van der Waals surface area contributed by atoms with Crippen LogP contribution in [0.25, 0.3) is 0 Å². The molecule has 92 valence electrons. The Morgan fingerprint density at radius 1 is 1.44 bits per heavy atom. The standard InChI is InChI=1S/C11H21N3O2/c1-9(2)14-7-11(8-14)6-13(3-4-16-11)10(15)5-12/h9H,3-8,12H2,1-2H3. The van der Waals surface area contributed by atoms with E-state index in [-0.39, 0.29) is 18.1 Å². The van der Waals surface area contributed by atoms with E-state index in [1.165, 1.54) is 0 Å². The summed E-state index contributed by atoms with van der Waals surface area (Å²) >= 11 is 0. The van der Waals surface area contributed by atoms with Gasteiger partial charge in [0.15, 0.2) is 0 Å². The lowest BCUT2D eigenvalue weighted by molar-refractivity contribution is -0.193. The van der Waals surface area contributed by atoms with Gasteiger partial charge in [0, 0.05) is 25.7 Å². The molecule has 0 aromatic heterocycles. The van der Waals surface area contributed by atoms with Gasteiger partial charge in [0.05, 0.1) is 19.7 Å². The summed E-state index contributed by atoms with van der Waals surface area (Å²) in [6.45, 7) is 8.34. The average molecular weight is 227 g/mol. The van der Waals surface area contributed by atoms with E-state index in [9.17, 15) is 4.79 Å². The molecule has 2 fully saturated rings. The fourth-order valence-corrected chi connectivity index (χ4v) is 2.44. The molecule has 0 aliphatic carbocycles. The van der Waals surface area contributed by atoms with Crippen molar-refractivity contribution in [3.8, 4) is 0 Å². The smallest absolute Gasteiger partial charge is 0.236 e. The first-order chi connectivity index (χ1) is 7.56. The van der Waals surface area contributed by atoms with Crippen LogP contribution in [0, 0.1) is 0 Å². The van der Waals surface area contributed by atoms with Crippen LogP contribution in [0.1, 0.15) is 13.8 Å². The van der Waals surface area contributed by atoms with Gasteiger partial charge in [-0.05, 0) is 13.8 Å². The highest BCUT2D eigenvalue weighted by molar-refractivity contribution is 5.78. The third-order valence-electron chi connectivity index (χ3n) is 3.49. The summed E-state index contributed by atoms with van der Waals surface area (Å²) in [5.74, 6) is 0.0330. The monoisotopic (exact) mass is 227 g/mol. The number of nitrogens with zero attached hydrogens (tertiary/aromatic N) is 2. The van der Waals surface area contributed by atoms with Gasteiger partial charge in [0.1, 0.15) is 5.60 Å². The molecule has 0 unspecified atom stereocenters. The average Bonchev–Trinajstić information content (AvgIpc) is 2.24. The van der Waals surface area contributed by atoms with Crippen LogP contribution in [0.3, 0.4) is 0 Å². The first kappa shape index (κ1) is 11.8. The number of carbonyl (C=O) groups excluding carboxylic acids is 1. The van der Waals surface area contributed by atoms with E-state index in [0.29, 0.717) is 25.7 Å². The Balaban J connectivity index is 1.91. The van der Waals surface area contributed by atoms with Gasteiger partial charge < -0.3 is 15.4 Å². The largest absolute Gasteiger partial charge is 0.369 e. The predicted molar refractivity (Wildman–Crippen MR) is 61.0 cm³/mol. The van der Waals surface area contributed by atoms with Crippen LogP contribution in [0.15, 0.2) is 0 Å². The Hall–Kier alpha value is -0.650. The van der Waals surface area contributed by atoms with Crippen molar-refractivity contribution in [2.45, 2.75) is 25.5 Å². The van der Waals surface area contributed by atoms with Crippen molar-refractivity contribution in [2.75, 3.05) is 39.3 Å². The summed E-state index contributed by atoms with van der Waals surface area (Å²) in [6, 6.07) is 0.551. The fraction of sp³-hybridized carbons (Fsp3) is 0.909. The third-order valence-corrected chi connectivity index (χ3v) is 3.49. The molecule has 0 radical (unpaired) electrons. The number of hydrogen-bond acceptors (Lipinski definition) is 4. The number of carbonyl (C=O) groups is 1. The normalized spacial score (nSPS) is 24.9. The topological polar surface area (TPSA) is 58.8 Å². The molecule has 2 aliphatic rings. The Morgan fingerprint density at radius 3 is 2.69 bits per heavy atom. The van der Waals surface area contributed by atoms with E-state index in [4.69, 9.17) is 10.5 Å². The number of amides is 1. The Morgan fingerprint density at radius 2 is 2.12 bits per heavy atom. The van der Waals surface area contributed by atoms with Crippen LogP contribution >= 0.6 is 0 Å². The van der Waals surface area contributed by atoms with Crippen LogP contribution in [-0.4, -0.2) is 66.7 Å². The number of morpholine rings is 1. The molecule has 0 atom stereocenters. The maximum atomic E-state index is 11.5. The minimum absolute atomic E-state index is 0.0330. The van der Waals surface area contributed by atoms with Crippen LogP contribution in [0.5, 0.6) is 0 Å². The minimum Gasteiger partial charge on any atom is -0.369 e. The number of hydrogen-bond donors (Lipinski definition) is 1. The first-order valence-corrected chi connectivity index (χ1v) is 5.92. The molecule has 1 amide bonds. The molecule has 2 rings (SSSR count). The van der Waals surface area contributed by atoms with Gasteiger partial charge in [-0.2, -0.15) is 0 Å². The zero-order chi connectivity index (χ0) is 11.8. The second-order valence-corrected chi connectivity index (χ2v) is 5.05. The van der Waals surface area contributed by atoms with Crippen molar-refractivity contribution in [2.24, 2.45) is 5.73 Å². The number of nitrogens with two attached hydrogens (primary N) is 1. The Labute approximate surface area is 96.5 Å². The molecule has 16 heavy (non-hydrogen) atoms. The van der Waals surface area contributed by atoms with Crippen molar-refractivity contribution in [3.05, 3.63) is 0 Å². The van der Waals surface area contributed by atoms with Crippen LogP contribution in [0.4, 0.5) is 0 Å². The fourth-order valence-electron chi connectivity index (χ4n) is 2.44. The zero-order valence-electron chi connectivity index (χ0n) is 10.1. The van der Waals surface area contributed by atoms with Gasteiger partial charge in [-0.3, -0.25) is 9.69 Å². The second kappa shape index (κ2) is 4.31. The molecule has 0 aromatic carbocycles. The number of ether oxygens (including phenoxy) is 1. The lowest BCUT2D eigenvalue weighted by Gasteiger charge is -2.55. The highest BCUT2D eigenvalue weighted by atomic mass is 16.5. The van der Waals surface area contributed by atoms with E-state index in [0.717, 1.165) is 13.1 Å². The molecule has 1 spiro atoms. The summed E-state index contributed by atoms with van der Waals surface area (Å²) < 4.78 is 5.83.